The Morgan fingerprint density at radius 3 is 2.46 bits per heavy atom. The molecule has 0 unspecified atom stereocenters. The fourth-order valence-electron chi connectivity index (χ4n) is 3.16. The fourth-order valence-corrected chi connectivity index (χ4v) is 3.16. The summed E-state index contributed by atoms with van der Waals surface area (Å²) in [6, 6.07) is 8.30. The maximum absolute atomic E-state index is 5.74. The highest BCUT2D eigenvalue weighted by molar-refractivity contribution is 14.0. The van der Waals surface area contributed by atoms with Crippen LogP contribution in [0.4, 0.5) is 0 Å². The van der Waals surface area contributed by atoms with Gasteiger partial charge in [0.25, 0.3) is 0 Å². The van der Waals surface area contributed by atoms with Crippen molar-refractivity contribution in [3.05, 3.63) is 29.8 Å². The maximum Gasteiger partial charge on any atom is 0.193 e. The monoisotopic (exact) mass is 475 g/mol. The molecule has 5 nitrogen and oxygen atoms in total. The molecule has 1 aromatic rings. The van der Waals surface area contributed by atoms with Gasteiger partial charge in [0.2, 0.25) is 0 Å². The minimum atomic E-state index is 0. The van der Waals surface area contributed by atoms with E-state index >= 15 is 0 Å². The zero-order chi connectivity index (χ0) is 17.9. The van der Waals surface area contributed by atoms with Gasteiger partial charge in [-0.15, -0.1) is 24.0 Å². The number of benzene rings is 1. The summed E-state index contributed by atoms with van der Waals surface area (Å²) in [6.45, 7) is 8.80. The summed E-state index contributed by atoms with van der Waals surface area (Å²) in [5, 5.41) is 3.43. The summed E-state index contributed by atoms with van der Waals surface area (Å²) < 4.78 is 10.9. The van der Waals surface area contributed by atoms with Crippen LogP contribution < -0.4 is 10.1 Å². The van der Waals surface area contributed by atoms with E-state index in [1.54, 1.807) is 7.11 Å². The molecule has 148 valence electrons. The predicted octanol–water partition coefficient (Wildman–Crippen LogP) is 3.71. The summed E-state index contributed by atoms with van der Waals surface area (Å²) in [4.78, 5) is 7.19. The molecule has 1 aliphatic heterocycles. The van der Waals surface area contributed by atoms with Gasteiger partial charge in [-0.05, 0) is 57.2 Å². The highest BCUT2D eigenvalue weighted by Crippen LogP contribution is 2.14. The first-order valence-electron chi connectivity index (χ1n) is 9.54. The molecule has 1 saturated heterocycles. The fraction of sp³-hybridized carbons (Fsp3) is 0.650. The number of aliphatic imine (C=N–C) groups is 1. The lowest BCUT2D eigenvalue weighted by Gasteiger charge is -2.34. The van der Waals surface area contributed by atoms with Crippen molar-refractivity contribution in [2.75, 3.05) is 39.9 Å². The number of halogens is 1. The third-order valence-electron chi connectivity index (χ3n) is 4.52. The first-order valence-corrected chi connectivity index (χ1v) is 9.54. The summed E-state index contributed by atoms with van der Waals surface area (Å²) in [5.74, 6) is 1.96. The van der Waals surface area contributed by atoms with Crippen LogP contribution in [0, 0.1) is 0 Å². The molecule has 26 heavy (non-hydrogen) atoms. The topological polar surface area (TPSA) is 46.1 Å². The van der Waals surface area contributed by atoms with Crippen molar-refractivity contribution in [1.29, 1.82) is 0 Å². The third kappa shape index (κ3) is 7.70. The second kappa shape index (κ2) is 13.2. The molecule has 0 aromatic heterocycles. The van der Waals surface area contributed by atoms with E-state index in [0.29, 0.717) is 6.10 Å². The van der Waals surface area contributed by atoms with Crippen LogP contribution in [0.3, 0.4) is 0 Å². The minimum Gasteiger partial charge on any atom is -0.497 e. The molecule has 0 radical (unpaired) electrons. The van der Waals surface area contributed by atoms with E-state index in [-0.39, 0.29) is 24.0 Å². The summed E-state index contributed by atoms with van der Waals surface area (Å²) in [7, 11) is 1.70. The number of nitrogens with zero attached hydrogens (tertiary/aromatic N) is 2. The maximum atomic E-state index is 5.74. The highest BCUT2D eigenvalue weighted by atomic mass is 127. The van der Waals surface area contributed by atoms with Gasteiger partial charge in [0.1, 0.15) is 5.75 Å². The first-order chi connectivity index (χ1) is 12.3. The van der Waals surface area contributed by atoms with Crippen LogP contribution in [0.25, 0.3) is 0 Å². The van der Waals surface area contributed by atoms with Crippen LogP contribution in [0.5, 0.6) is 5.75 Å². The molecule has 0 aliphatic carbocycles. The second-order valence-corrected chi connectivity index (χ2v) is 6.33. The molecule has 1 aliphatic rings. The molecular formula is C20H34IN3O2. The number of hydrogen-bond acceptors (Lipinski definition) is 3. The van der Waals surface area contributed by atoms with Gasteiger partial charge in [0.15, 0.2) is 5.96 Å². The molecule has 0 bridgehead atoms. The number of aryl methyl sites for hydroxylation is 1. The number of piperidine rings is 1. The molecule has 1 fully saturated rings. The zero-order valence-corrected chi connectivity index (χ0v) is 18.7. The van der Waals surface area contributed by atoms with E-state index in [1.165, 1.54) is 5.56 Å². The molecule has 2 rings (SSSR count). The van der Waals surface area contributed by atoms with E-state index in [0.717, 1.165) is 70.2 Å². The highest BCUT2D eigenvalue weighted by Gasteiger charge is 2.21. The van der Waals surface area contributed by atoms with Gasteiger partial charge in [-0.1, -0.05) is 12.1 Å². The standard InChI is InChI=1S/C20H33N3O2.HI/c1-4-21-20(23-15-12-19(13-16-23)25-5-2)22-14-6-7-17-8-10-18(24-3)11-9-17;/h8-11,19H,4-7,12-16H2,1-3H3,(H,21,22);1H. The minimum absolute atomic E-state index is 0. The molecule has 1 heterocycles. The van der Waals surface area contributed by atoms with Crippen LogP contribution >= 0.6 is 24.0 Å². The van der Waals surface area contributed by atoms with Gasteiger partial charge in [-0.2, -0.15) is 0 Å². The average Bonchev–Trinajstić information content (AvgIpc) is 2.66. The van der Waals surface area contributed by atoms with Crippen LogP contribution in [0.15, 0.2) is 29.3 Å². The van der Waals surface area contributed by atoms with Crippen molar-refractivity contribution in [2.24, 2.45) is 4.99 Å². The number of methoxy groups -OCH3 is 1. The Hall–Kier alpha value is -1.02. The Morgan fingerprint density at radius 1 is 1.19 bits per heavy atom. The summed E-state index contributed by atoms with van der Waals surface area (Å²) in [5.41, 5.74) is 1.33. The smallest absolute Gasteiger partial charge is 0.193 e. The van der Waals surface area contributed by atoms with E-state index in [4.69, 9.17) is 14.5 Å². The van der Waals surface area contributed by atoms with Gasteiger partial charge in [-0.25, -0.2) is 0 Å². The van der Waals surface area contributed by atoms with Crippen LogP contribution in [-0.2, 0) is 11.2 Å². The van der Waals surface area contributed by atoms with Gasteiger partial charge in [0, 0.05) is 32.8 Å². The van der Waals surface area contributed by atoms with Crippen molar-refractivity contribution >= 4 is 29.9 Å². The van der Waals surface area contributed by atoms with Crippen molar-refractivity contribution in [3.8, 4) is 5.75 Å². The Bertz CT molecular complexity index is 514. The first kappa shape index (κ1) is 23.0. The lowest BCUT2D eigenvalue weighted by molar-refractivity contribution is 0.0264. The van der Waals surface area contributed by atoms with Crippen molar-refractivity contribution in [2.45, 2.75) is 45.6 Å². The van der Waals surface area contributed by atoms with E-state index in [2.05, 4.69) is 36.2 Å². The Morgan fingerprint density at radius 2 is 1.88 bits per heavy atom. The molecule has 0 saturated carbocycles. The molecule has 0 amide bonds. The van der Waals surface area contributed by atoms with Crippen molar-refractivity contribution < 1.29 is 9.47 Å². The van der Waals surface area contributed by atoms with Crippen LogP contribution in [-0.4, -0.2) is 56.9 Å². The Labute approximate surface area is 175 Å². The van der Waals surface area contributed by atoms with Gasteiger partial charge < -0.3 is 19.7 Å². The average molecular weight is 475 g/mol. The molecule has 1 N–H and O–H groups in total. The molecule has 0 atom stereocenters. The predicted molar refractivity (Wildman–Crippen MR) is 119 cm³/mol. The lowest BCUT2D eigenvalue weighted by Crippen LogP contribution is -2.47. The molecule has 0 spiro atoms. The third-order valence-corrected chi connectivity index (χ3v) is 4.52. The number of hydrogen-bond donors (Lipinski definition) is 1. The van der Waals surface area contributed by atoms with E-state index in [1.807, 2.05) is 12.1 Å². The SMILES string of the molecule is CCNC(=NCCCc1ccc(OC)cc1)N1CCC(OCC)CC1.I. The van der Waals surface area contributed by atoms with Gasteiger partial charge >= 0.3 is 0 Å². The van der Waals surface area contributed by atoms with Crippen molar-refractivity contribution in [1.82, 2.24) is 10.2 Å². The Kier molecular flexibility index (Phi) is 11.7. The van der Waals surface area contributed by atoms with Crippen LogP contribution in [0.1, 0.15) is 38.7 Å². The second-order valence-electron chi connectivity index (χ2n) is 6.33. The number of likely N-dealkylation sites (tertiary alicyclic amines) is 1. The number of nitrogens with one attached hydrogen (secondary N) is 1. The number of ether oxygens (including phenoxy) is 2. The normalized spacial score (nSPS) is 15.5. The van der Waals surface area contributed by atoms with E-state index < -0.39 is 0 Å². The lowest BCUT2D eigenvalue weighted by atomic mass is 10.1. The number of rotatable bonds is 8. The Balaban J connectivity index is 0.00000338. The molecule has 1 aromatic carbocycles. The quantitative estimate of drug-likeness (QED) is 0.270. The zero-order valence-electron chi connectivity index (χ0n) is 16.4. The molecule has 6 heteroatoms. The largest absolute Gasteiger partial charge is 0.497 e. The summed E-state index contributed by atoms with van der Waals surface area (Å²) >= 11 is 0. The van der Waals surface area contributed by atoms with Crippen LogP contribution in [0.2, 0.25) is 0 Å². The summed E-state index contributed by atoms with van der Waals surface area (Å²) in [6.07, 6.45) is 4.68. The van der Waals surface area contributed by atoms with Gasteiger partial charge in [0.05, 0.1) is 13.2 Å². The number of guanidine groups is 1. The van der Waals surface area contributed by atoms with Crippen molar-refractivity contribution in [3.63, 3.8) is 0 Å². The van der Waals surface area contributed by atoms with Gasteiger partial charge in [-0.3, -0.25) is 4.99 Å². The van der Waals surface area contributed by atoms with E-state index in [9.17, 15) is 0 Å². The molecular weight excluding hydrogens is 441 g/mol.